The Balaban J connectivity index is 2.19. The van der Waals surface area contributed by atoms with Crippen molar-refractivity contribution in [3.05, 3.63) is 46.3 Å². The van der Waals surface area contributed by atoms with Gasteiger partial charge in [0.25, 0.3) is 0 Å². The van der Waals surface area contributed by atoms with Crippen molar-refractivity contribution in [2.24, 2.45) is 0 Å². The number of rotatable bonds is 4. The third-order valence-corrected chi connectivity index (χ3v) is 3.67. The standard InChI is InChI=1S/C16H22N2O2/c1-9-6-7-15(19)14(8-9)10(2)17-11(3)16-12(4)18-20-13(16)5/h6-8,10-11,17,19H,1-5H3. The van der Waals surface area contributed by atoms with E-state index in [0.29, 0.717) is 5.75 Å². The summed E-state index contributed by atoms with van der Waals surface area (Å²) in [5, 5.41) is 17.5. The van der Waals surface area contributed by atoms with Crippen molar-refractivity contribution >= 4 is 0 Å². The number of hydrogen-bond donors (Lipinski definition) is 2. The predicted octanol–water partition coefficient (Wildman–Crippen LogP) is 3.72. The van der Waals surface area contributed by atoms with Crippen molar-refractivity contribution in [3.8, 4) is 5.75 Å². The van der Waals surface area contributed by atoms with Crippen LogP contribution in [-0.4, -0.2) is 10.3 Å². The molecule has 2 unspecified atom stereocenters. The highest BCUT2D eigenvalue weighted by Crippen LogP contribution is 2.28. The third-order valence-electron chi connectivity index (χ3n) is 3.67. The maximum absolute atomic E-state index is 9.99. The van der Waals surface area contributed by atoms with E-state index in [1.165, 1.54) is 0 Å². The van der Waals surface area contributed by atoms with Gasteiger partial charge in [-0.1, -0.05) is 22.9 Å². The van der Waals surface area contributed by atoms with Crippen LogP contribution in [0.15, 0.2) is 22.7 Å². The van der Waals surface area contributed by atoms with Gasteiger partial charge in [-0.2, -0.15) is 0 Å². The summed E-state index contributed by atoms with van der Waals surface area (Å²) in [4.78, 5) is 0. The Hall–Kier alpha value is -1.81. The van der Waals surface area contributed by atoms with Crippen LogP contribution in [0, 0.1) is 20.8 Å². The number of aromatic hydroxyl groups is 1. The SMILES string of the molecule is Cc1ccc(O)c(C(C)NC(C)c2c(C)noc2C)c1. The van der Waals surface area contributed by atoms with Crippen LogP contribution in [0.5, 0.6) is 5.75 Å². The fraction of sp³-hybridized carbons (Fsp3) is 0.438. The average molecular weight is 274 g/mol. The van der Waals surface area contributed by atoms with E-state index in [0.717, 1.165) is 28.1 Å². The van der Waals surface area contributed by atoms with Gasteiger partial charge in [0, 0.05) is 23.2 Å². The largest absolute Gasteiger partial charge is 0.508 e. The molecule has 2 rings (SSSR count). The number of aromatic nitrogens is 1. The van der Waals surface area contributed by atoms with Gasteiger partial charge in [0.15, 0.2) is 0 Å². The minimum Gasteiger partial charge on any atom is -0.508 e. The minimum absolute atomic E-state index is 0.0404. The Kier molecular flexibility index (Phi) is 4.14. The summed E-state index contributed by atoms with van der Waals surface area (Å²) in [5.41, 5.74) is 4.03. The fourth-order valence-corrected chi connectivity index (χ4v) is 2.68. The highest BCUT2D eigenvalue weighted by Gasteiger charge is 2.19. The van der Waals surface area contributed by atoms with E-state index in [2.05, 4.69) is 17.4 Å². The molecule has 0 aliphatic rings. The lowest BCUT2D eigenvalue weighted by Gasteiger charge is -2.21. The Morgan fingerprint density at radius 2 is 1.85 bits per heavy atom. The van der Waals surface area contributed by atoms with E-state index < -0.39 is 0 Å². The molecule has 20 heavy (non-hydrogen) atoms. The van der Waals surface area contributed by atoms with Crippen LogP contribution in [-0.2, 0) is 0 Å². The molecule has 2 atom stereocenters. The predicted molar refractivity (Wildman–Crippen MR) is 78.8 cm³/mol. The van der Waals surface area contributed by atoms with Crippen LogP contribution in [0.3, 0.4) is 0 Å². The van der Waals surface area contributed by atoms with Crippen molar-refractivity contribution in [2.45, 2.75) is 46.7 Å². The molecule has 4 nitrogen and oxygen atoms in total. The summed E-state index contributed by atoms with van der Waals surface area (Å²) in [5.74, 6) is 1.16. The maximum atomic E-state index is 9.99. The van der Waals surface area contributed by atoms with Gasteiger partial charge in [-0.25, -0.2) is 0 Å². The Bertz CT molecular complexity index is 585. The molecule has 0 bridgehead atoms. The molecular formula is C16H22N2O2. The molecule has 0 aliphatic heterocycles. The second-order valence-corrected chi connectivity index (χ2v) is 5.41. The number of hydrogen-bond acceptors (Lipinski definition) is 4. The summed E-state index contributed by atoms with van der Waals surface area (Å²) in [6.45, 7) is 10.0. The number of aryl methyl sites for hydroxylation is 3. The Morgan fingerprint density at radius 3 is 2.45 bits per heavy atom. The molecular weight excluding hydrogens is 252 g/mol. The lowest BCUT2D eigenvalue weighted by molar-refractivity contribution is 0.389. The fourth-order valence-electron chi connectivity index (χ4n) is 2.68. The van der Waals surface area contributed by atoms with Crippen LogP contribution >= 0.6 is 0 Å². The third kappa shape index (κ3) is 2.85. The number of phenols is 1. The summed E-state index contributed by atoms with van der Waals surface area (Å²) in [6, 6.07) is 5.80. The molecule has 0 fully saturated rings. The first-order valence-electron chi connectivity index (χ1n) is 6.88. The van der Waals surface area contributed by atoms with Crippen molar-refractivity contribution in [3.63, 3.8) is 0 Å². The molecule has 1 aromatic carbocycles. The monoisotopic (exact) mass is 274 g/mol. The first-order chi connectivity index (χ1) is 9.40. The highest BCUT2D eigenvalue weighted by atomic mass is 16.5. The lowest BCUT2D eigenvalue weighted by atomic mass is 10.0. The summed E-state index contributed by atoms with van der Waals surface area (Å²) < 4.78 is 5.21. The minimum atomic E-state index is 0.0404. The van der Waals surface area contributed by atoms with E-state index >= 15 is 0 Å². The van der Waals surface area contributed by atoms with Gasteiger partial charge in [0.1, 0.15) is 11.5 Å². The van der Waals surface area contributed by atoms with Crippen molar-refractivity contribution in [1.82, 2.24) is 10.5 Å². The van der Waals surface area contributed by atoms with Gasteiger partial charge in [0.2, 0.25) is 0 Å². The van der Waals surface area contributed by atoms with Crippen molar-refractivity contribution in [2.75, 3.05) is 0 Å². The zero-order valence-electron chi connectivity index (χ0n) is 12.7. The van der Waals surface area contributed by atoms with Gasteiger partial charge in [0.05, 0.1) is 5.69 Å². The molecule has 108 valence electrons. The normalized spacial score (nSPS) is 14.2. The van der Waals surface area contributed by atoms with Gasteiger partial charge in [-0.15, -0.1) is 0 Å². The van der Waals surface area contributed by atoms with Gasteiger partial charge >= 0.3 is 0 Å². The van der Waals surface area contributed by atoms with Gasteiger partial charge in [-0.05, 0) is 40.7 Å². The molecule has 0 spiro atoms. The van der Waals surface area contributed by atoms with Gasteiger partial charge in [-0.3, -0.25) is 0 Å². The van der Waals surface area contributed by atoms with E-state index in [9.17, 15) is 5.11 Å². The molecule has 2 aromatic rings. The van der Waals surface area contributed by atoms with Crippen molar-refractivity contribution in [1.29, 1.82) is 0 Å². The molecule has 1 aromatic heterocycles. The molecule has 0 saturated carbocycles. The average Bonchev–Trinajstić information content (AvgIpc) is 2.71. The molecule has 1 heterocycles. The number of phenolic OH excluding ortho intramolecular Hbond substituents is 1. The second kappa shape index (κ2) is 5.67. The van der Waals surface area contributed by atoms with Crippen LogP contribution in [0.25, 0.3) is 0 Å². The van der Waals surface area contributed by atoms with E-state index in [4.69, 9.17) is 4.52 Å². The molecule has 0 radical (unpaired) electrons. The summed E-state index contributed by atoms with van der Waals surface area (Å²) in [6.07, 6.45) is 0. The molecule has 4 heteroatoms. The van der Waals surface area contributed by atoms with E-state index in [-0.39, 0.29) is 12.1 Å². The zero-order valence-corrected chi connectivity index (χ0v) is 12.7. The number of nitrogens with zero attached hydrogens (tertiary/aromatic N) is 1. The second-order valence-electron chi connectivity index (χ2n) is 5.41. The molecule has 0 aliphatic carbocycles. The summed E-state index contributed by atoms with van der Waals surface area (Å²) in [7, 11) is 0. The highest BCUT2D eigenvalue weighted by molar-refractivity contribution is 5.38. The topological polar surface area (TPSA) is 58.3 Å². The van der Waals surface area contributed by atoms with Crippen LogP contribution in [0.4, 0.5) is 0 Å². The smallest absolute Gasteiger partial charge is 0.138 e. The molecule has 0 saturated heterocycles. The van der Waals surface area contributed by atoms with Gasteiger partial charge < -0.3 is 14.9 Å². The summed E-state index contributed by atoms with van der Waals surface area (Å²) >= 11 is 0. The lowest BCUT2D eigenvalue weighted by Crippen LogP contribution is -2.23. The van der Waals surface area contributed by atoms with E-state index in [1.54, 1.807) is 6.07 Å². The van der Waals surface area contributed by atoms with E-state index in [1.807, 2.05) is 39.8 Å². The Labute approximate surface area is 119 Å². The van der Waals surface area contributed by atoms with Crippen LogP contribution < -0.4 is 5.32 Å². The number of nitrogens with one attached hydrogen (secondary N) is 1. The van der Waals surface area contributed by atoms with Crippen LogP contribution in [0.2, 0.25) is 0 Å². The molecule has 2 N–H and O–H groups in total. The molecule has 0 amide bonds. The van der Waals surface area contributed by atoms with Crippen molar-refractivity contribution < 1.29 is 9.63 Å². The quantitative estimate of drug-likeness (QED) is 0.892. The first kappa shape index (κ1) is 14.6. The van der Waals surface area contributed by atoms with Crippen LogP contribution in [0.1, 0.15) is 54.1 Å². The zero-order chi connectivity index (χ0) is 14.9. The number of benzene rings is 1. The Morgan fingerprint density at radius 1 is 1.15 bits per heavy atom. The first-order valence-corrected chi connectivity index (χ1v) is 6.88. The maximum Gasteiger partial charge on any atom is 0.138 e.